The fourth-order valence-corrected chi connectivity index (χ4v) is 4.70. The van der Waals surface area contributed by atoms with Gasteiger partial charge in [0, 0.05) is 32.6 Å². The number of hydrogen-bond donors (Lipinski definition) is 0. The van der Waals surface area contributed by atoms with Crippen molar-refractivity contribution >= 4 is 11.8 Å². The molecule has 0 bridgehead atoms. The first-order valence-corrected chi connectivity index (χ1v) is 10.8. The van der Waals surface area contributed by atoms with E-state index in [1.54, 1.807) is 7.11 Å². The van der Waals surface area contributed by atoms with Crippen LogP contribution in [0.2, 0.25) is 0 Å². The van der Waals surface area contributed by atoms with E-state index in [4.69, 9.17) is 4.74 Å². The third-order valence-corrected chi connectivity index (χ3v) is 6.53. The van der Waals surface area contributed by atoms with E-state index in [1.165, 1.54) is 5.56 Å². The van der Waals surface area contributed by atoms with Gasteiger partial charge in [-0.25, -0.2) is 0 Å². The molecule has 2 saturated heterocycles. The van der Waals surface area contributed by atoms with Crippen molar-refractivity contribution in [3.63, 3.8) is 0 Å². The Hall–Kier alpha value is -2.82. The van der Waals surface area contributed by atoms with Gasteiger partial charge in [-0.15, -0.1) is 0 Å². The molecule has 5 heteroatoms. The van der Waals surface area contributed by atoms with Crippen molar-refractivity contribution in [2.45, 2.75) is 32.2 Å². The SMILES string of the molecule is COc1ccc(CC(=O)N2CC[C@@H]3CC(=O)N(Cc4ccccc4)CC[C@H]3C2)cc1. The van der Waals surface area contributed by atoms with Crippen molar-refractivity contribution in [1.82, 2.24) is 9.80 Å². The van der Waals surface area contributed by atoms with Crippen molar-refractivity contribution < 1.29 is 14.3 Å². The Bertz CT molecular complexity index is 866. The van der Waals surface area contributed by atoms with Gasteiger partial charge in [0.2, 0.25) is 11.8 Å². The second kappa shape index (κ2) is 9.33. The zero-order valence-electron chi connectivity index (χ0n) is 17.6. The molecule has 2 heterocycles. The van der Waals surface area contributed by atoms with Crippen LogP contribution in [0.25, 0.3) is 0 Å². The van der Waals surface area contributed by atoms with Crippen molar-refractivity contribution in [3.05, 3.63) is 65.7 Å². The molecule has 2 aromatic rings. The second-order valence-corrected chi connectivity index (χ2v) is 8.47. The normalized spacial score (nSPS) is 21.7. The maximum atomic E-state index is 12.9. The molecule has 0 unspecified atom stereocenters. The minimum atomic E-state index is 0.176. The molecule has 2 aromatic carbocycles. The van der Waals surface area contributed by atoms with Gasteiger partial charge < -0.3 is 14.5 Å². The number of piperidine rings is 1. The molecule has 2 fully saturated rings. The standard InChI is InChI=1S/C25H30N2O3/c1-30-23-9-7-19(8-10-23)15-24(28)27-13-11-21-16-25(29)26(14-12-22(21)18-27)17-20-5-3-2-4-6-20/h2-10,21-22H,11-18H2,1H3/t21-,22+/m1/s1. The molecule has 2 atom stereocenters. The largest absolute Gasteiger partial charge is 0.497 e. The number of amides is 2. The monoisotopic (exact) mass is 406 g/mol. The van der Waals surface area contributed by atoms with Crippen LogP contribution in [0.4, 0.5) is 0 Å². The van der Waals surface area contributed by atoms with Crippen LogP contribution in [-0.4, -0.2) is 48.4 Å². The molecule has 5 nitrogen and oxygen atoms in total. The van der Waals surface area contributed by atoms with Crippen LogP contribution >= 0.6 is 0 Å². The molecule has 30 heavy (non-hydrogen) atoms. The Morgan fingerprint density at radius 2 is 1.70 bits per heavy atom. The van der Waals surface area contributed by atoms with E-state index in [2.05, 4.69) is 12.1 Å². The number of rotatable bonds is 5. The molecule has 0 saturated carbocycles. The van der Waals surface area contributed by atoms with Crippen molar-refractivity contribution in [3.8, 4) is 5.75 Å². The minimum Gasteiger partial charge on any atom is -0.497 e. The second-order valence-electron chi connectivity index (χ2n) is 8.47. The lowest BCUT2D eigenvalue weighted by molar-refractivity contribution is -0.133. The lowest BCUT2D eigenvalue weighted by Gasteiger charge is -2.37. The van der Waals surface area contributed by atoms with E-state index in [1.807, 2.05) is 52.3 Å². The molecule has 2 aliphatic heterocycles. The Balaban J connectivity index is 1.35. The number of fused-ring (bicyclic) bond motifs is 1. The predicted octanol–water partition coefficient (Wildman–Crippen LogP) is 3.53. The lowest BCUT2D eigenvalue weighted by Crippen LogP contribution is -2.44. The third-order valence-electron chi connectivity index (χ3n) is 6.53. The Labute approximate surface area is 178 Å². The summed E-state index contributed by atoms with van der Waals surface area (Å²) in [4.78, 5) is 29.7. The number of benzene rings is 2. The van der Waals surface area contributed by atoms with Gasteiger partial charge in [0.25, 0.3) is 0 Å². The highest BCUT2D eigenvalue weighted by atomic mass is 16.5. The smallest absolute Gasteiger partial charge is 0.226 e. The molecule has 158 valence electrons. The number of likely N-dealkylation sites (tertiary alicyclic amines) is 2. The van der Waals surface area contributed by atoms with Gasteiger partial charge in [-0.3, -0.25) is 9.59 Å². The summed E-state index contributed by atoms with van der Waals surface area (Å²) in [6.07, 6.45) is 2.91. The van der Waals surface area contributed by atoms with Gasteiger partial charge in [0.15, 0.2) is 0 Å². The molecule has 0 aromatic heterocycles. The summed E-state index contributed by atoms with van der Waals surface area (Å²) in [7, 11) is 1.64. The first-order valence-electron chi connectivity index (χ1n) is 10.8. The van der Waals surface area contributed by atoms with Crippen molar-refractivity contribution in [2.24, 2.45) is 11.8 Å². The number of carbonyl (C=O) groups is 2. The van der Waals surface area contributed by atoms with Gasteiger partial charge in [-0.2, -0.15) is 0 Å². The quantitative estimate of drug-likeness (QED) is 0.763. The van der Waals surface area contributed by atoms with Gasteiger partial charge in [0.1, 0.15) is 5.75 Å². The molecule has 0 radical (unpaired) electrons. The topological polar surface area (TPSA) is 49.9 Å². The Morgan fingerprint density at radius 3 is 2.43 bits per heavy atom. The number of hydrogen-bond acceptors (Lipinski definition) is 3. The zero-order chi connectivity index (χ0) is 20.9. The summed E-state index contributed by atoms with van der Waals surface area (Å²) < 4.78 is 5.19. The highest BCUT2D eigenvalue weighted by Gasteiger charge is 2.36. The van der Waals surface area contributed by atoms with Crippen LogP contribution in [0.1, 0.15) is 30.4 Å². The maximum Gasteiger partial charge on any atom is 0.226 e. The first kappa shape index (κ1) is 20.5. The predicted molar refractivity (Wildman–Crippen MR) is 116 cm³/mol. The molecular formula is C25H30N2O3. The molecule has 0 spiro atoms. The highest BCUT2D eigenvalue weighted by molar-refractivity contribution is 5.79. The van der Waals surface area contributed by atoms with E-state index in [0.717, 1.165) is 43.8 Å². The van der Waals surface area contributed by atoms with E-state index >= 15 is 0 Å². The Kier molecular flexibility index (Phi) is 6.36. The van der Waals surface area contributed by atoms with Gasteiger partial charge in [-0.05, 0) is 47.9 Å². The molecule has 2 aliphatic rings. The summed E-state index contributed by atoms with van der Waals surface area (Å²) in [6.45, 7) is 2.98. The Morgan fingerprint density at radius 1 is 0.967 bits per heavy atom. The number of methoxy groups -OCH3 is 1. The zero-order valence-corrected chi connectivity index (χ0v) is 17.6. The summed E-state index contributed by atoms with van der Waals surface area (Å²) >= 11 is 0. The molecular weight excluding hydrogens is 376 g/mol. The average Bonchev–Trinajstić information content (AvgIpc) is 2.93. The first-order chi connectivity index (χ1) is 14.6. The van der Waals surface area contributed by atoms with Crippen molar-refractivity contribution in [2.75, 3.05) is 26.7 Å². The summed E-state index contributed by atoms with van der Waals surface area (Å²) in [6, 6.07) is 17.9. The lowest BCUT2D eigenvalue weighted by atomic mass is 9.82. The molecule has 0 N–H and O–H groups in total. The van der Waals surface area contributed by atoms with Crippen LogP contribution in [0.15, 0.2) is 54.6 Å². The summed E-state index contributed by atoms with van der Waals surface area (Å²) in [5, 5.41) is 0. The highest BCUT2D eigenvalue weighted by Crippen LogP contribution is 2.33. The van der Waals surface area contributed by atoms with Crippen LogP contribution in [0.3, 0.4) is 0 Å². The van der Waals surface area contributed by atoms with Crippen LogP contribution < -0.4 is 4.74 Å². The molecule has 2 amide bonds. The van der Waals surface area contributed by atoms with Crippen LogP contribution in [-0.2, 0) is 22.6 Å². The molecule has 4 rings (SSSR count). The minimum absolute atomic E-state index is 0.176. The van der Waals surface area contributed by atoms with E-state index in [9.17, 15) is 9.59 Å². The summed E-state index contributed by atoms with van der Waals surface area (Å²) in [5.74, 6) is 2.03. The summed E-state index contributed by atoms with van der Waals surface area (Å²) in [5.41, 5.74) is 2.18. The van der Waals surface area contributed by atoms with E-state index in [0.29, 0.717) is 31.2 Å². The fraction of sp³-hybridized carbons (Fsp3) is 0.440. The van der Waals surface area contributed by atoms with Crippen molar-refractivity contribution in [1.29, 1.82) is 0 Å². The van der Waals surface area contributed by atoms with E-state index in [-0.39, 0.29) is 11.8 Å². The average molecular weight is 407 g/mol. The van der Waals surface area contributed by atoms with Gasteiger partial charge in [-0.1, -0.05) is 42.5 Å². The fourth-order valence-electron chi connectivity index (χ4n) is 4.70. The third kappa shape index (κ3) is 4.84. The van der Waals surface area contributed by atoms with Crippen LogP contribution in [0, 0.1) is 11.8 Å². The molecule has 0 aliphatic carbocycles. The van der Waals surface area contributed by atoms with Crippen LogP contribution in [0.5, 0.6) is 5.75 Å². The van der Waals surface area contributed by atoms with Gasteiger partial charge >= 0.3 is 0 Å². The number of ether oxygens (including phenoxy) is 1. The van der Waals surface area contributed by atoms with Gasteiger partial charge in [0.05, 0.1) is 13.5 Å². The number of nitrogens with zero attached hydrogens (tertiary/aromatic N) is 2. The maximum absolute atomic E-state index is 12.9. The number of carbonyl (C=O) groups excluding carboxylic acids is 2. The van der Waals surface area contributed by atoms with E-state index < -0.39 is 0 Å².